The van der Waals surface area contributed by atoms with Gasteiger partial charge in [0, 0.05) is 6.04 Å². The topological polar surface area (TPSA) is 12.0 Å². The number of benzene rings is 1. The van der Waals surface area contributed by atoms with Crippen LogP contribution in [0.15, 0.2) is 24.3 Å². The number of hydrogen-bond donors (Lipinski definition) is 1. The van der Waals surface area contributed by atoms with Gasteiger partial charge in [-0.25, -0.2) is 0 Å². The van der Waals surface area contributed by atoms with Crippen molar-refractivity contribution in [1.29, 1.82) is 0 Å². The van der Waals surface area contributed by atoms with Crippen LogP contribution in [0.3, 0.4) is 0 Å². The van der Waals surface area contributed by atoms with Gasteiger partial charge in [0.2, 0.25) is 0 Å². The fraction of sp³-hybridized carbons (Fsp3) is 0.571. The molecule has 0 spiro atoms. The molecule has 0 aliphatic carbocycles. The first-order chi connectivity index (χ1) is 7.34. The molecule has 1 saturated heterocycles. The van der Waals surface area contributed by atoms with Gasteiger partial charge >= 0.3 is 0 Å². The molecule has 1 aliphatic heterocycles. The van der Waals surface area contributed by atoms with Gasteiger partial charge in [-0.2, -0.15) is 0 Å². The second-order valence-electron chi connectivity index (χ2n) is 4.69. The minimum Gasteiger partial charge on any atom is -0.314 e. The molecule has 0 amide bonds. The molecular weight excluding hydrogens is 182 g/mol. The Morgan fingerprint density at radius 1 is 1.13 bits per heavy atom. The van der Waals surface area contributed by atoms with E-state index in [1.54, 1.807) is 0 Å². The average molecular weight is 203 g/mol. The largest absolute Gasteiger partial charge is 0.314 e. The zero-order valence-corrected chi connectivity index (χ0v) is 9.63. The van der Waals surface area contributed by atoms with Crippen molar-refractivity contribution in [3.05, 3.63) is 35.4 Å². The van der Waals surface area contributed by atoms with E-state index >= 15 is 0 Å². The minimum atomic E-state index is 0.704. The lowest BCUT2D eigenvalue weighted by Crippen LogP contribution is -2.30. The maximum absolute atomic E-state index is 3.64. The second-order valence-corrected chi connectivity index (χ2v) is 4.69. The van der Waals surface area contributed by atoms with E-state index in [0.717, 1.165) is 0 Å². The minimum absolute atomic E-state index is 0.704. The highest BCUT2D eigenvalue weighted by Crippen LogP contribution is 2.13. The molecule has 0 unspecified atom stereocenters. The van der Waals surface area contributed by atoms with Crippen molar-refractivity contribution in [3.63, 3.8) is 0 Å². The highest BCUT2D eigenvalue weighted by molar-refractivity contribution is 5.22. The standard InChI is InChI=1S/C14H21N/c1-12-6-8-13(9-7-12)11-14-5-3-2-4-10-15-14/h6-9,14-15H,2-5,10-11H2,1H3/t14-/m1/s1. The Labute approximate surface area is 92.9 Å². The van der Waals surface area contributed by atoms with Crippen LogP contribution in [0.1, 0.15) is 36.8 Å². The summed E-state index contributed by atoms with van der Waals surface area (Å²) >= 11 is 0. The van der Waals surface area contributed by atoms with E-state index < -0.39 is 0 Å². The van der Waals surface area contributed by atoms with Crippen LogP contribution in [0.4, 0.5) is 0 Å². The quantitative estimate of drug-likeness (QED) is 0.779. The summed E-state index contributed by atoms with van der Waals surface area (Å²) in [5.74, 6) is 0. The molecule has 0 saturated carbocycles. The molecule has 1 atom stereocenters. The van der Waals surface area contributed by atoms with Gasteiger partial charge in [0.1, 0.15) is 0 Å². The van der Waals surface area contributed by atoms with Crippen molar-refractivity contribution >= 4 is 0 Å². The van der Waals surface area contributed by atoms with E-state index in [1.165, 1.54) is 49.8 Å². The highest BCUT2D eigenvalue weighted by atomic mass is 14.9. The predicted octanol–water partition coefficient (Wildman–Crippen LogP) is 3.07. The monoisotopic (exact) mass is 203 g/mol. The Morgan fingerprint density at radius 3 is 2.73 bits per heavy atom. The first kappa shape index (κ1) is 10.7. The summed E-state index contributed by atoms with van der Waals surface area (Å²) in [4.78, 5) is 0. The summed E-state index contributed by atoms with van der Waals surface area (Å²) in [6.07, 6.45) is 6.68. The molecule has 1 heterocycles. The fourth-order valence-corrected chi connectivity index (χ4v) is 2.28. The number of rotatable bonds is 2. The summed E-state index contributed by atoms with van der Waals surface area (Å²) in [6.45, 7) is 3.35. The van der Waals surface area contributed by atoms with Gasteiger partial charge in [-0.3, -0.25) is 0 Å². The van der Waals surface area contributed by atoms with Crippen molar-refractivity contribution in [2.24, 2.45) is 0 Å². The number of nitrogens with one attached hydrogen (secondary N) is 1. The van der Waals surface area contributed by atoms with Crippen molar-refractivity contribution in [1.82, 2.24) is 5.32 Å². The molecule has 1 N–H and O–H groups in total. The zero-order chi connectivity index (χ0) is 10.5. The SMILES string of the molecule is Cc1ccc(C[C@H]2CCCCCN2)cc1. The predicted molar refractivity (Wildman–Crippen MR) is 65.1 cm³/mol. The molecule has 1 aliphatic rings. The van der Waals surface area contributed by atoms with Crippen LogP contribution in [0.25, 0.3) is 0 Å². The molecule has 1 heteroatoms. The lowest BCUT2D eigenvalue weighted by molar-refractivity contribution is 0.507. The Kier molecular flexibility index (Phi) is 3.79. The Hall–Kier alpha value is -0.820. The molecule has 2 rings (SSSR count). The molecule has 1 fully saturated rings. The average Bonchev–Trinajstić information content (AvgIpc) is 2.50. The van der Waals surface area contributed by atoms with Crippen molar-refractivity contribution in [3.8, 4) is 0 Å². The van der Waals surface area contributed by atoms with E-state index in [0.29, 0.717) is 6.04 Å². The van der Waals surface area contributed by atoms with Crippen LogP contribution in [0.2, 0.25) is 0 Å². The summed E-state index contributed by atoms with van der Waals surface area (Å²) in [7, 11) is 0. The van der Waals surface area contributed by atoms with E-state index in [4.69, 9.17) is 0 Å². The van der Waals surface area contributed by atoms with Gasteiger partial charge in [0.05, 0.1) is 0 Å². The third-order valence-corrected chi connectivity index (χ3v) is 3.27. The van der Waals surface area contributed by atoms with Crippen LogP contribution < -0.4 is 5.32 Å². The number of hydrogen-bond acceptors (Lipinski definition) is 1. The van der Waals surface area contributed by atoms with Crippen LogP contribution in [-0.2, 0) is 6.42 Å². The van der Waals surface area contributed by atoms with Gasteiger partial charge in [0.15, 0.2) is 0 Å². The summed E-state index contributed by atoms with van der Waals surface area (Å²) in [5, 5.41) is 3.64. The first-order valence-electron chi connectivity index (χ1n) is 6.13. The third-order valence-electron chi connectivity index (χ3n) is 3.27. The second kappa shape index (κ2) is 5.32. The van der Waals surface area contributed by atoms with Gasteiger partial charge in [-0.1, -0.05) is 42.7 Å². The Morgan fingerprint density at radius 2 is 1.93 bits per heavy atom. The molecule has 1 aromatic rings. The molecule has 1 nitrogen and oxygen atoms in total. The lowest BCUT2D eigenvalue weighted by atomic mass is 10.0. The zero-order valence-electron chi connectivity index (χ0n) is 9.63. The number of aryl methyl sites for hydroxylation is 1. The summed E-state index contributed by atoms with van der Waals surface area (Å²) < 4.78 is 0. The lowest BCUT2D eigenvalue weighted by Gasteiger charge is -2.15. The Balaban J connectivity index is 1.92. The van der Waals surface area contributed by atoms with E-state index in [1.807, 2.05) is 0 Å². The molecule has 0 radical (unpaired) electrons. The van der Waals surface area contributed by atoms with Crippen LogP contribution in [0.5, 0.6) is 0 Å². The molecule has 1 aromatic carbocycles. The van der Waals surface area contributed by atoms with Gasteiger partial charge < -0.3 is 5.32 Å². The normalized spacial score (nSPS) is 22.3. The fourth-order valence-electron chi connectivity index (χ4n) is 2.28. The Bertz CT molecular complexity index is 281. The van der Waals surface area contributed by atoms with Crippen LogP contribution in [-0.4, -0.2) is 12.6 Å². The maximum Gasteiger partial charge on any atom is 0.0107 e. The smallest absolute Gasteiger partial charge is 0.0107 e. The van der Waals surface area contributed by atoms with E-state index in [9.17, 15) is 0 Å². The van der Waals surface area contributed by atoms with Crippen LogP contribution >= 0.6 is 0 Å². The van der Waals surface area contributed by atoms with Crippen molar-refractivity contribution in [2.75, 3.05) is 6.54 Å². The molecule has 0 aromatic heterocycles. The molecule has 15 heavy (non-hydrogen) atoms. The molecule has 82 valence electrons. The summed E-state index contributed by atoms with van der Waals surface area (Å²) in [6, 6.07) is 9.66. The van der Waals surface area contributed by atoms with Crippen molar-refractivity contribution in [2.45, 2.75) is 45.1 Å². The first-order valence-corrected chi connectivity index (χ1v) is 6.13. The van der Waals surface area contributed by atoms with Gasteiger partial charge in [0.25, 0.3) is 0 Å². The third kappa shape index (κ3) is 3.35. The molecule has 0 bridgehead atoms. The van der Waals surface area contributed by atoms with E-state index in [-0.39, 0.29) is 0 Å². The van der Waals surface area contributed by atoms with Gasteiger partial charge in [-0.15, -0.1) is 0 Å². The molecular formula is C14H21N. The van der Waals surface area contributed by atoms with Crippen LogP contribution in [0, 0.1) is 6.92 Å². The van der Waals surface area contributed by atoms with E-state index in [2.05, 4.69) is 36.5 Å². The van der Waals surface area contributed by atoms with Crippen molar-refractivity contribution < 1.29 is 0 Å². The summed E-state index contributed by atoms with van der Waals surface area (Å²) in [5.41, 5.74) is 2.83. The maximum atomic E-state index is 3.64. The highest BCUT2D eigenvalue weighted by Gasteiger charge is 2.11. The van der Waals surface area contributed by atoms with Gasteiger partial charge in [-0.05, 0) is 38.3 Å².